The van der Waals surface area contributed by atoms with Crippen molar-refractivity contribution < 1.29 is 0 Å². The second-order valence-electron chi connectivity index (χ2n) is 5.77. The van der Waals surface area contributed by atoms with Crippen molar-refractivity contribution in [1.29, 1.82) is 5.26 Å². The number of allylic oxidation sites excluding steroid dienone is 1. The third kappa shape index (κ3) is 2.58. The normalized spacial score (nSPS) is 14.6. The van der Waals surface area contributed by atoms with Crippen LogP contribution in [0.15, 0.2) is 10.2 Å². The molecule has 0 atom stereocenters. The molecular formula is C17H14N4OS2. The van der Waals surface area contributed by atoms with E-state index in [1.807, 2.05) is 12.3 Å². The highest BCUT2D eigenvalue weighted by molar-refractivity contribution is 7.18. The maximum absolute atomic E-state index is 12.6. The topological polar surface area (TPSA) is 82.4 Å². The van der Waals surface area contributed by atoms with Crippen LogP contribution in [-0.4, -0.2) is 15.0 Å². The van der Waals surface area contributed by atoms with Crippen molar-refractivity contribution in [2.24, 2.45) is 0 Å². The lowest BCUT2D eigenvalue weighted by Crippen LogP contribution is -2.12. The van der Waals surface area contributed by atoms with Gasteiger partial charge in [0.05, 0.1) is 21.7 Å². The summed E-state index contributed by atoms with van der Waals surface area (Å²) < 4.78 is 0. The van der Waals surface area contributed by atoms with E-state index in [1.165, 1.54) is 16.2 Å². The lowest BCUT2D eigenvalue weighted by atomic mass is 9.97. The second-order valence-corrected chi connectivity index (χ2v) is 7.91. The molecule has 0 aromatic carbocycles. The molecule has 0 bridgehead atoms. The molecule has 1 aliphatic carbocycles. The Morgan fingerprint density at radius 3 is 2.96 bits per heavy atom. The Labute approximate surface area is 146 Å². The van der Waals surface area contributed by atoms with Crippen molar-refractivity contribution in [2.75, 3.05) is 0 Å². The van der Waals surface area contributed by atoms with Gasteiger partial charge in [-0.15, -0.1) is 22.7 Å². The molecule has 24 heavy (non-hydrogen) atoms. The molecule has 3 aromatic rings. The van der Waals surface area contributed by atoms with Crippen LogP contribution in [0.2, 0.25) is 0 Å². The molecule has 3 heterocycles. The summed E-state index contributed by atoms with van der Waals surface area (Å²) in [6, 6.07) is 2.13. The lowest BCUT2D eigenvalue weighted by Gasteiger charge is -2.09. The van der Waals surface area contributed by atoms with E-state index in [-0.39, 0.29) is 5.56 Å². The van der Waals surface area contributed by atoms with Crippen molar-refractivity contribution in [1.82, 2.24) is 15.0 Å². The zero-order chi connectivity index (χ0) is 16.7. The number of aromatic amines is 1. The van der Waals surface area contributed by atoms with Crippen molar-refractivity contribution in [3.8, 4) is 6.07 Å². The van der Waals surface area contributed by atoms with Gasteiger partial charge in [-0.2, -0.15) is 5.26 Å². The predicted molar refractivity (Wildman–Crippen MR) is 97.2 cm³/mol. The quantitative estimate of drug-likeness (QED) is 0.712. The van der Waals surface area contributed by atoms with Gasteiger partial charge in [-0.25, -0.2) is 9.97 Å². The number of H-pyrrole nitrogens is 1. The number of aryl methyl sites for hydroxylation is 3. The average molecular weight is 354 g/mol. The second kappa shape index (κ2) is 5.96. The fourth-order valence-corrected chi connectivity index (χ4v) is 4.87. The summed E-state index contributed by atoms with van der Waals surface area (Å²) in [6.07, 6.45) is 5.91. The Morgan fingerprint density at radius 2 is 2.21 bits per heavy atom. The Morgan fingerprint density at radius 1 is 1.38 bits per heavy atom. The summed E-state index contributed by atoms with van der Waals surface area (Å²) in [7, 11) is 0. The fraction of sp³-hybridized carbons (Fsp3) is 0.294. The zero-order valence-electron chi connectivity index (χ0n) is 13.0. The molecule has 7 heteroatoms. The lowest BCUT2D eigenvalue weighted by molar-refractivity contribution is 0.700. The van der Waals surface area contributed by atoms with E-state index in [2.05, 4.69) is 21.0 Å². The summed E-state index contributed by atoms with van der Waals surface area (Å²) in [5.41, 5.74) is 2.04. The Kier molecular flexibility index (Phi) is 3.79. The van der Waals surface area contributed by atoms with Gasteiger partial charge in [-0.3, -0.25) is 4.79 Å². The number of aromatic nitrogens is 3. The van der Waals surface area contributed by atoms with Crippen molar-refractivity contribution >= 4 is 44.5 Å². The van der Waals surface area contributed by atoms with Gasteiger partial charge in [0.25, 0.3) is 5.56 Å². The number of hydrogen-bond donors (Lipinski definition) is 1. The molecule has 0 amide bonds. The van der Waals surface area contributed by atoms with Crippen LogP contribution in [0.5, 0.6) is 0 Å². The van der Waals surface area contributed by atoms with Crippen LogP contribution >= 0.6 is 22.7 Å². The smallest absolute Gasteiger partial charge is 0.260 e. The molecule has 0 aliphatic heterocycles. The zero-order valence-corrected chi connectivity index (χ0v) is 14.7. The van der Waals surface area contributed by atoms with E-state index in [1.54, 1.807) is 17.4 Å². The highest BCUT2D eigenvalue weighted by atomic mass is 32.1. The highest BCUT2D eigenvalue weighted by Crippen LogP contribution is 2.33. The summed E-state index contributed by atoms with van der Waals surface area (Å²) in [6.45, 7) is 1.91. The SMILES string of the molecule is Cc1nc(/C=C(\C#N)c2nc3sc4c(c3c(=O)[nH]2)CCCC4)cs1. The average Bonchev–Trinajstić information content (AvgIpc) is 3.15. The minimum atomic E-state index is -0.148. The van der Waals surface area contributed by atoms with Crippen molar-refractivity contribution in [2.45, 2.75) is 32.6 Å². The third-order valence-corrected chi connectivity index (χ3v) is 6.11. The van der Waals surface area contributed by atoms with Crippen molar-refractivity contribution in [3.05, 3.63) is 42.7 Å². The number of nitrogens with zero attached hydrogens (tertiary/aromatic N) is 3. The standard InChI is InChI=1S/C17H14N4OS2/c1-9-19-11(8-23-9)6-10(7-18)15-20-16(22)14-12-4-2-3-5-13(12)24-17(14)21-15/h6,8H,2-5H2,1H3,(H,20,21,22)/b10-6+. The van der Waals surface area contributed by atoms with Crippen LogP contribution < -0.4 is 5.56 Å². The molecule has 0 radical (unpaired) electrons. The highest BCUT2D eigenvalue weighted by Gasteiger charge is 2.20. The molecule has 1 aliphatic rings. The number of nitriles is 1. The van der Waals surface area contributed by atoms with Crippen LogP contribution in [0.1, 0.15) is 39.8 Å². The first-order valence-electron chi connectivity index (χ1n) is 7.74. The number of hydrogen-bond acceptors (Lipinski definition) is 6. The first kappa shape index (κ1) is 15.2. The molecule has 4 rings (SSSR count). The minimum Gasteiger partial charge on any atom is -0.305 e. The van der Waals surface area contributed by atoms with Gasteiger partial charge in [0.2, 0.25) is 0 Å². The van der Waals surface area contributed by atoms with Gasteiger partial charge < -0.3 is 4.98 Å². The van der Waals surface area contributed by atoms with E-state index >= 15 is 0 Å². The molecular weight excluding hydrogens is 340 g/mol. The maximum Gasteiger partial charge on any atom is 0.260 e. The monoisotopic (exact) mass is 354 g/mol. The summed E-state index contributed by atoms with van der Waals surface area (Å²) in [5, 5.41) is 13.0. The molecule has 0 fully saturated rings. The van der Waals surface area contributed by atoms with Crippen LogP contribution in [0.25, 0.3) is 21.9 Å². The van der Waals surface area contributed by atoms with E-state index in [0.29, 0.717) is 22.5 Å². The van der Waals surface area contributed by atoms with E-state index in [0.717, 1.165) is 41.1 Å². The number of fused-ring (bicyclic) bond motifs is 3. The summed E-state index contributed by atoms with van der Waals surface area (Å²) >= 11 is 3.11. The van der Waals surface area contributed by atoms with Gasteiger partial charge in [-0.1, -0.05) is 0 Å². The Balaban J connectivity index is 1.86. The van der Waals surface area contributed by atoms with Gasteiger partial charge in [0.1, 0.15) is 10.9 Å². The Bertz CT molecular complexity index is 1060. The largest absolute Gasteiger partial charge is 0.305 e. The number of thiazole rings is 1. The van der Waals surface area contributed by atoms with Crippen LogP contribution in [0.4, 0.5) is 0 Å². The van der Waals surface area contributed by atoms with Gasteiger partial charge in [0.15, 0.2) is 5.82 Å². The van der Waals surface area contributed by atoms with Crippen LogP contribution in [0, 0.1) is 18.3 Å². The fourth-order valence-electron chi connectivity index (χ4n) is 3.04. The molecule has 120 valence electrons. The molecule has 3 aromatic heterocycles. The molecule has 0 unspecified atom stereocenters. The molecule has 5 nitrogen and oxygen atoms in total. The van der Waals surface area contributed by atoms with E-state index < -0.39 is 0 Å². The van der Waals surface area contributed by atoms with Gasteiger partial charge in [0, 0.05) is 10.3 Å². The van der Waals surface area contributed by atoms with E-state index in [4.69, 9.17) is 0 Å². The molecule has 0 saturated carbocycles. The minimum absolute atomic E-state index is 0.148. The number of rotatable bonds is 2. The van der Waals surface area contributed by atoms with Crippen molar-refractivity contribution in [3.63, 3.8) is 0 Å². The summed E-state index contributed by atoms with van der Waals surface area (Å²) in [5.74, 6) is 0.319. The van der Waals surface area contributed by atoms with Crippen LogP contribution in [-0.2, 0) is 12.8 Å². The number of thiophene rings is 1. The third-order valence-electron chi connectivity index (χ3n) is 4.13. The Hall–Kier alpha value is -2.30. The van der Waals surface area contributed by atoms with Gasteiger partial charge >= 0.3 is 0 Å². The first-order valence-corrected chi connectivity index (χ1v) is 9.44. The molecule has 0 saturated heterocycles. The predicted octanol–water partition coefficient (Wildman–Crippen LogP) is 3.69. The molecule has 1 N–H and O–H groups in total. The summed E-state index contributed by atoms with van der Waals surface area (Å²) in [4.78, 5) is 26.3. The van der Waals surface area contributed by atoms with E-state index in [9.17, 15) is 10.1 Å². The van der Waals surface area contributed by atoms with Crippen LogP contribution in [0.3, 0.4) is 0 Å². The molecule has 0 spiro atoms. The maximum atomic E-state index is 12.6. The number of nitrogens with one attached hydrogen (secondary N) is 1. The van der Waals surface area contributed by atoms with Gasteiger partial charge in [-0.05, 0) is 44.2 Å². The first-order chi connectivity index (χ1) is 11.7.